The largest absolute Gasteiger partial charge is 0.379 e. The average molecular weight is 256 g/mol. The van der Waals surface area contributed by atoms with Gasteiger partial charge in [-0.1, -0.05) is 0 Å². The second-order valence-corrected chi connectivity index (χ2v) is 6.10. The van der Waals surface area contributed by atoms with Crippen LogP contribution in [0.25, 0.3) is 0 Å². The van der Waals surface area contributed by atoms with Gasteiger partial charge < -0.3 is 14.5 Å². The Hall–Kier alpha value is -0.450. The SMILES string of the molecule is COC(C)(C)CCC(=O)CC1CN(C)CCN1C. The van der Waals surface area contributed by atoms with E-state index >= 15 is 0 Å². The number of carbonyl (C=O) groups is 1. The highest BCUT2D eigenvalue weighted by atomic mass is 16.5. The molecule has 0 N–H and O–H groups in total. The van der Waals surface area contributed by atoms with Gasteiger partial charge in [-0.05, 0) is 34.4 Å². The van der Waals surface area contributed by atoms with Gasteiger partial charge >= 0.3 is 0 Å². The van der Waals surface area contributed by atoms with E-state index < -0.39 is 0 Å². The van der Waals surface area contributed by atoms with E-state index in [2.05, 4.69) is 23.9 Å². The van der Waals surface area contributed by atoms with Gasteiger partial charge in [-0.15, -0.1) is 0 Å². The van der Waals surface area contributed by atoms with Gasteiger partial charge in [-0.25, -0.2) is 0 Å². The van der Waals surface area contributed by atoms with Crippen LogP contribution in [-0.4, -0.2) is 68.1 Å². The quantitative estimate of drug-likeness (QED) is 0.719. The summed E-state index contributed by atoms with van der Waals surface area (Å²) >= 11 is 0. The molecule has 0 aromatic rings. The molecule has 4 heteroatoms. The lowest BCUT2D eigenvalue weighted by Crippen LogP contribution is -2.50. The van der Waals surface area contributed by atoms with Crippen LogP contribution in [0.5, 0.6) is 0 Å². The predicted molar refractivity (Wildman–Crippen MR) is 73.9 cm³/mol. The minimum absolute atomic E-state index is 0.190. The van der Waals surface area contributed by atoms with Crippen molar-refractivity contribution < 1.29 is 9.53 Å². The molecule has 1 heterocycles. The molecular formula is C14H28N2O2. The van der Waals surface area contributed by atoms with Gasteiger partial charge in [0, 0.05) is 45.6 Å². The zero-order valence-corrected chi connectivity index (χ0v) is 12.5. The van der Waals surface area contributed by atoms with Crippen LogP contribution in [0.2, 0.25) is 0 Å². The lowest BCUT2D eigenvalue weighted by atomic mass is 9.97. The molecule has 1 fully saturated rings. The first-order chi connectivity index (χ1) is 8.34. The molecule has 0 radical (unpaired) electrons. The maximum atomic E-state index is 12.0. The van der Waals surface area contributed by atoms with E-state index in [0.717, 1.165) is 26.1 Å². The van der Waals surface area contributed by atoms with Crippen molar-refractivity contribution >= 4 is 5.78 Å². The van der Waals surface area contributed by atoms with Crippen molar-refractivity contribution in [2.24, 2.45) is 0 Å². The Balaban J connectivity index is 2.35. The molecule has 1 rings (SSSR count). The Kier molecular flexibility index (Phi) is 5.76. The molecule has 0 amide bonds. The molecule has 0 aromatic heterocycles. The van der Waals surface area contributed by atoms with Gasteiger partial charge in [0.2, 0.25) is 0 Å². The smallest absolute Gasteiger partial charge is 0.134 e. The van der Waals surface area contributed by atoms with Crippen LogP contribution in [0.4, 0.5) is 0 Å². The fourth-order valence-corrected chi connectivity index (χ4v) is 2.23. The van der Waals surface area contributed by atoms with Crippen LogP contribution in [0.15, 0.2) is 0 Å². The molecule has 106 valence electrons. The highest BCUT2D eigenvalue weighted by Gasteiger charge is 2.25. The zero-order valence-electron chi connectivity index (χ0n) is 12.5. The number of ketones is 1. The van der Waals surface area contributed by atoms with Crippen molar-refractivity contribution in [2.75, 3.05) is 40.8 Å². The number of Topliss-reactive ketones (excluding diaryl/α,β-unsaturated/α-hetero) is 1. The third kappa shape index (κ3) is 5.04. The Morgan fingerprint density at radius 2 is 2.00 bits per heavy atom. The van der Waals surface area contributed by atoms with Crippen molar-refractivity contribution in [3.05, 3.63) is 0 Å². The van der Waals surface area contributed by atoms with Crippen LogP contribution in [0, 0.1) is 0 Å². The van der Waals surface area contributed by atoms with E-state index in [4.69, 9.17) is 4.74 Å². The highest BCUT2D eigenvalue weighted by molar-refractivity contribution is 5.79. The Morgan fingerprint density at radius 3 is 2.61 bits per heavy atom. The van der Waals surface area contributed by atoms with Gasteiger partial charge in [-0.2, -0.15) is 0 Å². The Bertz CT molecular complexity index is 279. The maximum Gasteiger partial charge on any atom is 0.134 e. The Morgan fingerprint density at radius 1 is 1.33 bits per heavy atom. The summed E-state index contributed by atoms with van der Waals surface area (Å²) in [5.74, 6) is 0.354. The number of piperazine rings is 1. The number of methoxy groups -OCH3 is 1. The van der Waals surface area contributed by atoms with E-state index in [0.29, 0.717) is 24.7 Å². The molecule has 1 atom stereocenters. The number of ether oxygens (including phenoxy) is 1. The van der Waals surface area contributed by atoms with Crippen LogP contribution in [0.1, 0.15) is 33.1 Å². The molecule has 0 aromatic carbocycles. The van der Waals surface area contributed by atoms with Gasteiger partial charge in [-0.3, -0.25) is 4.79 Å². The van der Waals surface area contributed by atoms with Gasteiger partial charge in [0.15, 0.2) is 0 Å². The summed E-state index contributed by atoms with van der Waals surface area (Å²) < 4.78 is 5.35. The molecule has 1 aliphatic heterocycles. The molecule has 1 aliphatic rings. The van der Waals surface area contributed by atoms with Crippen molar-refractivity contribution in [3.63, 3.8) is 0 Å². The molecule has 0 spiro atoms. The van der Waals surface area contributed by atoms with Crippen molar-refractivity contribution in [1.29, 1.82) is 0 Å². The summed E-state index contributed by atoms with van der Waals surface area (Å²) in [7, 11) is 5.94. The normalized spacial score (nSPS) is 23.3. The topological polar surface area (TPSA) is 32.8 Å². The first-order valence-corrected chi connectivity index (χ1v) is 6.79. The monoisotopic (exact) mass is 256 g/mol. The standard InChI is InChI=1S/C14H28N2O2/c1-14(2,18-5)7-6-13(17)10-12-11-15(3)8-9-16(12)4/h12H,6-11H2,1-5H3. The Labute approximate surface area is 111 Å². The molecule has 0 aliphatic carbocycles. The third-order valence-corrected chi connectivity index (χ3v) is 4.00. The average Bonchev–Trinajstić information content (AvgIpc) is 2.31. The van der Waals surface area contributed by atoms with Crippen LogP contribution in [-0.2, 0) is 9.53 Å². The van der Waals surface area contributed by atoms with Crippen LogP contribution in [0.3, 0.4) is 0 Å². The molecule has 18 heavy (non-hydrogen) atoms. The molecule has 1 saturated heterocycles. The van der Waals surface area contributed by atoms with E-state index in [1.807, 2.05) is 13.8 Å². The maximum absolute atomic E-state index is 12.0. The van der Waals surface area contributed by atoms with E-state index in [-0.39, 0.29) is 5.60 Å². The van der Waals surface area contributed by atoms with Crippen LogP contribution < -0.4 is 0 Å². The second-order valence-electron chi connectivity index (χ2n) is 6.10. The number of hydrogen-bond acceptors (Lipinski definition) is 4. The van der Waals surface area contributed by atoms with Crippen molar-refractivity contribution in [3.8, 4) is 0 Å². The molecule has 0 saturated carbocycles. The summed E-state index contributed by atoms with van der Waals surface area (Å²) in [5.41, 5.74) is -0.190. The number of hydrogen-bond donors (Lipinski definition) is 0. The number of likely N-dealkylation sites (N-methyl/N-ethyl adjacent to an activating group) is 2. The molecule has 4 nitrogen and oxygen atoms in total. The van der Waals surface area contributed by atoms with Gasteiger partial charge in [0.05, 0.1) is 5.60 Å². The molecule has 1 unspecified atom stereocenters. The van der Waals surface area contributed by atoms with E-state index in [9.17, 15) is 4.79 Å². The summed E-state index contributed by atoms with van der Waals surface area (Å²) in [5, 5.41) is 0. The minimum atomic E-state index is -0.190. The summed E-state index contributed by atoms with van der Waals surface area (Å²) in [4.78, 5) is 16.6. The number of rotatable bonds is 6. The lowest BCUT2D eigenvalue weighted by Gasteiger charge is -2.37. The molecular weight excluding hydrogens is 228 g/mol. The van der Waals surface area contributed by atoms with Gasteiger partial charge in [0.25, 0.3) is 0 Å². The van der Waals surface area contributed by atoms with Gasteiger partial charge in [0.1, 0.15) is 5.78 Å². The fourth-order valence-electron chi connectivity index (χ4n) is 2.23. The highest BCUT2D eigenvalue weighted by Crippen LogP contribution is 2.18. The first-order valence-electron chi connectivity index (χ1n) is 6.79. The van der Waals surface area contributed by atoms with E-state index in [1.165, 1.54) is 0 Å². The van der Waals surface area contributed by atoms with Crippen molar-refractivity contribution in [2.45, 2.75) is 44.8 Å². The summed E-state index contributed by atoms with van der Waals surface area (Å²) in [6, 6.07) is 0.377. The number of nitrogens with zero attached hydrogens (tertiary/aromatic N) is 2. The summed E-state index contributed by atoms with van der Waals surface area (Å²) in [6.45, 7) is 7.20. The predicted octanol–water partition coefficient (Wildman–Crippen LogP) is 1.40. The van der Waals surface area contributed by atoms with Crippen LogP contribution >= 0.6 is 0 Å². The van der Waals surface area contributed by atoms with E-state index in [1.54, 1.807) is 7.11 Å². The minimum Gasteiger partial charge on any atom is -0.379 e. The number of carbonyl (C=O) groups excluding carboxylic acids is 1. The fraction of sp³-hybridized carbons (Fsp3) is 0.929. The lowest BCUT2D eigenvalue weighted by molar-refractivity contribution is -0.122. The second kappa shape index (κ2) is 6.64. The third-order valence-electron chi connectivity index (χ3n) is 4.00. The molecule has 0 bridgehead atoms. The zero-order chi connectivity index (χ0) is 13.8. The first kappa shape index (κ1) is 15.6. The van der Waals surface area contributed by atoms with Crippen molar-refractivity contribution in [1.82, 2.24) is 9.80 Å². The summed E-state index contributed by atoms with van der Waals surface area (Å²) in [6.07, 6.45) is 2.09.